The molecule has 0 radical (unpaired) electrons. The molecule has 0 aromatic heterocycles. The fraction of sp³-hybridized carbons (Fsp3) is 0.385. The van der Waals surface area contributed by atoms with E-state index < -0.39 is 17.9 Å². The Kier molecular flexibility index (Phi) is 4.71. The second-order valence-corrected chi connectivity index (χ2v) is 4.17. The third-order valence-corrected chi connectivity index (χ3v) is 2.43. The molecule has 0 heterocycles. The Bertz CT molecular complexity index is 456. The molecule has 0 bridgehead atoms. The van der Waals surface area contributed by atoms with Crippen molar-refractivity contribution in [3.63, 3.8) is 0 Å². The summed E-state index contributed by atoms with van der Waals surface area (Å²) >= 11 is 0. The van der Waals surface area contributed by atoms with Crippen LogP contribution in [0.25, 0.3) is 0 Å². The second kappa shape index (κ2) is 6.05. The van der Waals surface area contributed by atoms with Gasteiger partial charge in [-0.3, -0.25) is 4.79 Å². The molecule has 1 aromatic rings. The fourth-order valence-electron chi connectivity index (χ4n) is 1.35. The van der Waals surface area contributed by atoms with E-state index in [1.54, 1.807) is 0 Å². The molecule has 18 heavy (non-hydrogen) atoms. The molecular weight excluding hydrogens is 234 g/mol. The van der Waals surface area contributed by atoms with Crippen molar-refractivity contribution >= 4 is 11.9 Å². The van der Waals surface area contributed by atoms with Crippen LogP contribution in [0.2, 0.25) is 0 Å². The maximum atomic E-state index is 11.4. The number of carbonyl (C=O) groups is 2. The summed E-state index contributed by atoms with van der Waals surface area (Å²) < 4.78 is 5.33. The van der Waals surface area contributed by atoms with Crippen LogP contribution in [-0.4, -0.2) is 24.5 Å². The summed E-state index contributed by atoms with van der Waals surface area (Å²) in [5.41, 5.74) is 1.94. The zero-order valence-electron chi connectivity index (χ0n) is 10.6. The zero-order chi connectivity index (χ0) is 13.7. The first-order chi connectivity index (χ1) is 8.40. The molecule has 0 aliphatic heterocycles. The minimum Gasteiger partial charge on any atom is -0.548 e. The lowest BCUT2D eigenvalue weighted by Gasteiger charge is -2.15. The van der Waals surface area contributed by atoms with Crippen LogP contribution in [-0.2, 0) is 9.59 Å². The Morgan fingerprint density at radius 1 is 1.39 bits per heavy atom. The minimum atomic E-state index is -1.32. The Morgan fingerprint density at radius 3 is 2.67 bits per heavy atom. The molecule has 0 saturated heterocycles. The normalized spacial score (nSPS) is 11.7. The Balaban J connectivity index is 2.52. The number of nitrogens with one attached hydrogen (secondary N) is 1. The van der Waals surface area contributed by atoms with Gasteiger partial charge in [-0.05, 0) is 38.0 Å². The van der Waals surface area contributed by atoms with Gasteiger partial charge in [-0.1, -0.05) is 12.1 Å². The van der Waals surface area contributed by atoms with Crippen LogP contribution in [0.1, 0.15) is 18.1 Å². The summed E-state index contributed by atoms with van der Waals surface area (Å²) in [5.74, 6) is -1.20. The number of ether oxygens (including phenoxy) is 1. The first-order valence-electron chi connectivity index (χ1n) is 5.60. The first kappa shape index (κ1) is 14.0. The zero-order valence-corrected chi connectivity index (χ0v) is 10.6. The van der Waals surface area contributed by atoms with Gasteiger partial charge in [0.05, 0.1) is 12.0 Å². The van der Waals surface area contributed by atoms with Crippen molar-refractivity contribution in [2.75, 3.05) is 6.61 Å². The summed E-state index contributed by atoms with van der Waals surface area (Å²) in [6.07, 6.45) is 0. The molecule has 1 amide bonds. The number of amides is 1. The Labute approximate surface area is 106 Å². The average molecular weight is 250 g/mol. The lowest BCUT2D eigenvalue weighted by Crippen LogP contribution is -2.47. The van der Waals surface area contributed by atoms with Crippen molar-refractivity contribution in [1.29, 1.82) is 0 Å². The van der Waals surface area contributed by atoms with Crippen molar-refractivity contribution in [1.82, 2.24) is 5.32 Å². The van der Waals surface area contributed by atoms with E-state index in [9.17, 15) is 14.7 Å². The van der Waals surface area contributed by atoms with Crippen molar-refractivity contribution < 1.29 is 19.4 Å². The molecule has 0 aliphatic rings. The lowest BCUT2D eigenvalue weighted by atomic mass is 10.1. The van der Waals surface area contributed by atoms with Crippen LogP contribution < -0.4 is 15.2 Å². The maximum absolute atomic E-state index is 11.4. The number of carboxylic acids is 1. The van der Waals surface area contributed by atoms with E-state index >= 15 is 0 Å². The molecule has 0 aliphatic carbocycles. The van der Waals surface area contributed by atoms with Gasteiger partial charge in [0.1, 0.15) is 5.75 Å². The van der Waals surface area contributed by atoms with Gasteiger partial charge in [0.25, 0.3) is 5.91 Å². The molecule has 1 aromatic carbocycles. The molecule has 1 atom stereocenters. The van der Waals surface area contributed by atoms with Crippen molar-refractivity contribution in [3.8, 4) is 5.75 Å². The second-order valence-electron chi connectivity index (χ2n) is 4.17. The maximum Gasteiger partial charge on any atom is 0.258 e. The minimum absolute atomic E-state index is 0.220. The molecular formula is C13H16NO4-. The van der Waals surface area contributed by atoms with Crippen molar-refractivity contribution in [2.24, 2.45) is 0 Å². The lowest BCUT2D eigenvalue weighted by molar-refractivity contribution is -0.307. The highest BCUT2D eigenvalue weighted by molar-refractivity contribution is 5.83. The summed E-state index contributed by atoms with van der Waals surface area (Å²) in [5, 5.41) is 12.7. The van der Waals surface area contributed by atoms with Gasteiger partial charge in [0.2, 0.25) is 0 Å². The van der Waals surface area contributed by atoms with Gasteiger partial charge in [-0.25, -0.2) is 0 Å². The Morgan fingerprint density at radius 2 is 2.06 bits per heavy atom. The van der Waals surface area contributed by atoms with Gasteiger partial charge >= 0.3 is 0 Å². The molecule has 0 fully saturated rings. The number of aliphatic carboxylic acids is 1. The molecule has 1 rings (SSSR count). The number of benzene rings is 1. The van der Waals surface area contributed by atoms with E-state index in [4.69, 9.17) is 4.74 Å². The van der Waals surface area contributed by atoms with E-state index in [2.05, 4.69) is 5.32 Å². The number of carbonyl (C=O) groups excluding carboxylic acids is 2. The fourth-order valence-corrected chi connectivity index (χ4v) is 1.35. The molecule has 1 N–H and O–H groups in total. The topological polar surface area (TPSA) is 78.5 Å². The van der Waals surface area contributed by atoms with E-state index in [-0.39, 0.29) is 6.61 Å². The molecule has 98 valence electrons. The molecule has 0 unspecified atom stereocenters. The third kappa shape index (κ3) is 4.08. The summed E-state index contributed by atoms with van der Waals surface area (Å²) in [4.78, 5) is 21.8. The van der Waals surface area contributed by atoms with Gasteiger partial charge in [-0.15, -0.1) is 0 Å². The molecule has 5 heteroatoms. The van der Waals surface area contributed by atoms with Crippen molar-refractivity contribution in [3.05, 3.63) is 29.3 Å². The van der Waals surface area contributed by atoms with Crippen LogP contribution in [0.15, 0.2) is 18.2 Å². The number of hydrogen-bond donors (Lipinski definition) is 1. The first-order valence-corrected chi connectivity index (χ1v) is 5.60. The highest BCUT2D eigenvalue weighted by Gasteiger charge is 2.09. The average Bonchev–Trinajstić information content (AvgIpc) is 2.30. The number of rotatable bonds is 5. The molecule has 5 nitrogen and oxygen atoms in total. The third-order valence-electron chi connectivity index (χ3n) is 2.43. The summed E-state index contributed by atoms with van der Waals surface area (Å²) in [6.45, 7) is 4.91. The standard InChI is InChI=1S/C13H17NO4/c1-8-4-5-9(2)11(6-8)18-7-12(15)14-10(3)13(16)17/h4-6,10H,7H2,1-3H3,(H,14,15)(H,16,17)/p-1/t10-/m0/s1. The predicted molar refractivity (Wildman–Crippen MR) is 64.0 cm³/mol. The van der Waals surface area contributed by atoms with Gasteiger partial charge < -0.3 is 20.0 Å². The monoisotopic (exact) mass is 250 g/mol. The van der Waals surface area contributed by atoms with Crippen LogP contribution in [0.3, 0.4) is 0 Å². The van der Waals surface area contributed by atoms with Crippen LogP contribution in [0.4, 0.5) is 0 Å². The SMILES string of the molecule is Cc1ccc(C)c(OCC(=O)N[C@@H](C)C(=O)[O-])c1. The number of hydrogen-bond acceptors (Lipinski definition) is 4. The molecule has 0 saturated carbocycles. The van der Waals surface area contributed by atoms with Crippen LogP contribution in [0, 0.1) is 13.8 Å². The van der Waals surface area contributed by atoms with Gasteiger partial charge in [0.15, 0.2) is 6.61 Å². The largest absolute Gasteiger partial charge is 0.548 e. The smallest absolute Gasteiger partial charge is 0.258 e. The Hall–Kier alpha value is -2.04. The number of carboxylic acid groups (broad SMARTS) is 1. The van der Waals surface area contributed by atoms with E-state index in [1.807, 2.05) is 32.0 Å². The summed E-state index contributed by atoms with van der Waals surface area (Å²) in [6, 6.07) is 4.64. The van der Waals surface area contributed by atoms with Crippen molar-refractivity contribution in [2.45, 2.75) is 26.8 Å². The van der Waals surface area contributed by atoms with Crippen LogP contribution >= 0.6 is 0 Å². The van der Waals surface area contributed by atoms with E-state index in [0.29, 0.717) is 5.75 Å². The number of aryl methyl sites for hydroxylation is 2. The van der Waals surface area contributed by atoms with E-state index in [0.717, 1.165) is 11.1 Å². The molecule has 0 spiro atoms. The predicted octanol–water partition coefficient (Wildman–Crippen LogP) is -0.0632. The van der Waals surface area contributed by atoms with Gasteiger partial charge in [0, 0.05) is 0 Å². The highest BCUT2D eigenvalue weighted by atomic mass is 16.5. The summed E-state index contributed by atoms with van der Waals surface area (Å²) in [7, 11) is 0. The van der Waals surface area contributed by atoms with Gasteiger partial charge in [-0.2, -0.15) is 0 Å². The van der Waals surface area contributed by atoms with Crippen LogP contribution in [0.5, 0.6) is 5.75 Å². The van der Waals surface area contributed by atoms with E-state index in [1.165, 1.54) is 6.92 Å². The quantitative estimate of drug-likeness (QED) is 0.794. The highest BCUT2D eigenvalue weighted by Crippen LogP contribution is 2.18.